The molecule has 4 nitrogen and oxygen atoms in total. The van der Waals surface area contributed by atoms with Crippen molar-refractivity contribution in [3.8, 4) is 0 Å². The number of nitrogens with zero attached hydrogens (tertiary/aromatic N) is 1. The summed E-state index contributed by atoms with van der Waals surface area (Å²) in [6.45, 7) is 6.25. The zero-order valence-corrected chi connectivity index (χ0v) is 13.7. The van der Waals surface area contributed by atoms with E-state index in [9.17, 15) is 9.90 Å². The van der Waals surface area contributed by atoms with E-state index in [0.29, 0.717) is 17.4 Å². The van der Waals surface area contributed by atoms with Gasteiger partial charge in [0.25, 0.3) is 0 Å². The largest absolute Gasteiger partial charge is 0.478 e. The molecule has 2 atom stereocenters. The van der Waals surface area contributed by atoms with E-state index in [2.05, 4.69) is 17.2 Å². The number of aromatic nitrogens is 1. The van der Waals surface area contributed by atoms with E-state index in [0.717, 1.165) is 29.5 Å². The van der Waals surface area contributed by atoms with Gasteiger partial charge in [-0.15, -0.1) is 0 Å². The summed E-state index contributed by atoms with van der Waals surface area (Å²) in [5, 5.41) is 13.4. The number of hydrogen-bond acceptors (Lipinski definition) is 4. The van der Waals surface area contributed by atoms with Crippen molar-refractivity contribution in [1.82, 2.24) is 4.98 Å². The van der Waals surface area contributed by atoms with Gasteiger partial charge >= 0.3 is 5.97 Å². The highest BCUT2D eigenvalue weighted by Crippen LogP contribution is 2.31. The Hall–Kier alpha value is -1.23. The van der Waals surface area contributed by atoms with Gasteiger partial charge in [-0.2, -0.15) is 11.8 Å². The van der Waals surface area contributed by atoms with Gasteiger partial charge < -0.3 is 10.4 Å². The smallest absolute Gasteiger partial charge is 0.335 e. The van der Waals surface area contributed by atoms with E-state index in [4.69, 9.17) is 0 Å². The third-order valence-corrected chi connectivity index (χ3v) is 5.06. The second kappa shape index (κ2) is 7.16. The summed E-state index contributed by atoms with van der Waals surface area (Å²) in [5.74, 6) is 1.18. The van der Waals surface area contributed by atoms with Crippen LogP contribution in [0.1, 0.15) is 62.0 Å². The lowest BCUT2D eigenvalue weighted by molar-refractivity contribution is 0.0696. The average molecular weight is 308 g/mol. The van der Waals surface area contributed by atoms with Crippen LogP contribution in [0.25, 0.3) is 0 Å². The molecule has 1 aromatic heterocycles. The van der Waals surface area contributed by atoms with Crippen molar-refractivity contribution in [2.24, 2.45) is 0 Å². The van der Waals surface area contributed by atoms with Crippen molar-refractivity contribution >= 4 is 23.5 Å². The van der Waals surface area contributed by atoms with Crippen LogP contribution in [0.4, 0.5) is 5.82 Å². The summed E-state index contributed by atoms with van der Waals surface area (Å²) in [6, 6.07) is 3.72. The quantitative estimate of drug-likeness (QED) is 0.832. The first-order chi connectivity index (χ1) is 9.99. The summed E-state index contributed by atoms with van der Waals surface area (Å²) >= 11 is 2.01. The molecule has 0 aromatic carbocycles. The Kier molecular flexibility index (Phi) is 5.51. The van der Waals surface area contributed by atoms with Crippen molar-refractivity contribution in [2.75, 3.05) is 11.1 Å². The number of anilines is 1. The van der Waals surface area contributed by atoms with Crippen LogP contribution in [-0.2, 0) is 0 Å². The lowest BCUT2D eigenvalue weighted by atomic mass is 10.1. The van der Waals surface area contributed by atoms with Gasteiger partial charge in [-0.25, -0.2) is 9.78 Å². The Bertz CT molecular complexity index is 505. The molecule has 2 rings (SSSR count). The maximum atomic E-state index is 11.2. The fraction of sp³-hybridized carbons (Fsp3) is 0.625. The van der Waals surface area contributed by atoms with Crippen LogP contribution in [0.3, 0.4) is 0 Å². The number of rotatable bonds is 6. The van der Waals surface area contributed by atoms with Gasteiger partial charge in [0.1, 0.15) is 5.82 Å². The number of carbonyl (C=O) groups is 1. The van der Waals surface area contributed by atoms with Crippen LogP contribution >= 0.6 is 11.8 Å². The summed E-state index contributed by atoms with van der Waals surface area (Å²) in [5.41, 5.74) is 1.14. The van der Waals surface area contributed by atoms with Crippen LogP contribution in [0.15, 0.2) is 12.1 Å². The summed E-state index contributed by atoms with van der Waals surface area (Å²) < 4.78 is 0. The standard InChI is InChI=1S/C16H24N2O2S/c1-4-21-13-6-5-12(9-13)17-15-8-11(16(19)20)7-14(18-15)10(2)3/h7-8,10,12-13H,4-6,9H2,1-3H3,(H,17,18)(H,19,20). The fourth-order valence-corrected chi connectivity index (χ4v) is 3.86. The summed E-state index contributed by atoms with van der Waals surface area (Å²) in [6.07, 6.45) is 3.49. The van der Waals surface area contributed by atoms with E-state index < -0.39 is 5.97 Å². The molecule has 0 spiro atoms. The monoisotopic (exact) mass is 308 g/mol. The van der Waals surface area contributed by atoms with E-state index in [1.165, 1.54) is 6.42 Å². The average Bonchev–Trinajstić information content (AvgIpc) is 2.86. The van der Waals surface area contributed by atoms with E-state index in [1.54, 1.807) is 12.1 Å². The van der Waals surface area contributed by atoms with Gasteiger partial charge in [-0.05, 0) is 43.1 Å². The molecule has 1 aliphatic rings. The number of carboxylic acids is 1. The third kappa shape index (κ3) is 4.37. The van der Waals surface area contributed by atoms with Crippen molar-refractivity contribution < 1.29 is 9.90 Å². The maximum absolute atomic E-state index is 11.2. The van der Waals surface area contributed by atoms with Gasteiger partial charge in [0.05, 0.1) is 5.56 Å². The van der Waals surface area contributed by atoms with Crippen LogP contribution in [0, 0.1) is 0 Å². The van der Waals surface area contributed by atoms with E-state index in [1.807, 2.05) is 25.6 Å². The molecule has 0 radical (unpaired) electrons. The van der Waals surface area contributed by atoms with Crippen LogP contribution in [0.2, 0.25) is 0 Å². The molecule has 0 aliphatic heterocycles. The lowest BCUT2D eigenvalue weighted by Crippen LogP contribution is -2.18. The number of thioether (sulfide) groups is 1. The minimum absolute atomic E-state index is 0.219. The Morgan fingerprint density at radius 1 is 1.48 bits per heavy atom. The van der Waals surface area contributed by atoms with Crippen molar-refractivity contribution in [1.29, 1.82) is 0 Å². The molecule has 1 fully saturated rings. The zero-order valence-electron chi connectivity index (χ0n) is 12.9. The molecule has 21 heavy (non-hydrogen) atoms. The first kappa shape index (κ1) is 16.1. The zero-order chi connectivity index (χ0) is 15.4. The molecule has 2 N–H and O–H groups in total. The molecular formula is C16H24N2O2S. The first-order valence-corrected chi connectivity index (χ1v) is 8.67. The fourth-order valence-electron chi connectivity index (χ4n) is 2.71. The summed E-state index contributed by atoms with van der Waals surface area (Å²) in [4.78, 5) is 15.8. The normalized spacial score (nSPS) is 21.7. The van der Waals surface area contributed by atoms with Gasteiger partial charge in [-0.1, -0.05) is 20.8 Å². The molecule has 116 valence electrons. The Balaban J connectivity index is 2.11. The molecule has 0 saturated heterocycles. The lowest BCUT2D eigenvalue weighted by Gasteiger charge is -2.16. The van der Waals surface area contributed by atoms with Gasteiger partial charge in [0.15, 0.2) is 0 Å². The van der Waals surface area contributed by atoms with Crippen molar-refractivity contribution in [2.45, 2.75) is 57.2 Å². The highest BCUT2D eigenvalue weighted by Gasteiger charge is 2.25. The maximum Gasteiger partial charge on any atom is 0.335 e. The molecule has 5 heteroatoms. The Labute approximate surface area is 130 Å². The molecular weight excluding hydrogens is 284 g/mol. The van der Waals surface area contributed by atoms with Crippen LogP contribution in [-0.4, -0.2) is 33.1 Å². The highest BCUT2D eigenvalue weighted by atomic mass is 32.2. The summed E-state index contributed by atoms with van der Waals surface area (Å²) in [7, 11) is 0. The van der Waals surface area contributed by atoms with Crippen molar-refractivity contribution in [3.63, 3.8) is 0 Å². The molecule has 1 saturated carbocycles. The highest BCUT2D eigenvalue weighted by molar-refractivity contribution is 7.99. The minimum atomic E-state index is -0.895. The Morgan fingerprint density at radius 3 is 2.86 bits per heavy atom. The number of nitrogens with one attached hydrogen (secondary N) is 1. The number of hydrogen-bond donors (Lipinski definition) is 2. The molecule has 0 bridgehead atoms. The van der Waals surface area contributed by atoms with Gasteiger partial charge in [-0.3, -0.25) is 0 Å². The number of pyridine rings is 1. The molecule has 1 heterocycles. The SMILES string of the molecule is CCSC1CCC(Nc2cc(C(=O)O)cc(C(C)C)n2)C1. The molecule has 0 amide bonds. The number of carboxylic acid groups (broad SMARTS) is 1. The van der Waals surface area contributed by atoms with Crippen molar-refractivity contribution in [3.05, 3.63) is 23.4 Å². The van der Waals surface area contributed by atoms with Crippen LogP contribution < -0.4 is 5.32 Å². The molecule has 2 unspecified atom stereocenters. The van der Waals surface area contributed by atoms with E-state index in [-0.39, 0.29) is 5.92 Å². The Morgan fingerprint density at radius 2 is 2.24 bits per heavy atom. The topological polar surface area (TPSA) is 62.2 Å². The van der Waals surface area contributed by atoms with Crippen LogP contribution in [0.5, 0.6) is 0 Å². The number of aromatic carboxylic acids is 1. The molecule has 1 aliphatic carbocycles. The predicted molar refractivity (Wildman–Crippen MR) is 88.5 cm³/mol. The van der Waals surface area contributed by atoms with Gasteiger partial charge in [0.2, 0.25) is 0 Å². The third-order valence-electron chi connectivity index (χ3n) is 3.82. The van der Waals surface area contributed by atoms with E-state index >= 15 is 0 Å². The van der Waals surface area contributed by atoms with Gasteiger partial charge in [0, 0.05) is 17.0 Å². The molecule has 1 aromatic rings. The predicted octanol–water partition coefficient (Wildman–Crippen LogP) is 3.99. The minimum Gasteiger partial charge on any atom is -0.478 e. The second-order valence-electron chi connectivity index (χ2n) is 5.86. The first-order valence-electron chi connectivity index (χ1n) is 7.63. The second-order valence-corrected chi connectivity index (χ2v) is 7.43.